The van der Waals surface area contributed by atoms with E-state index in [0.717, 1.165) is 5.56 Å². The molecule has 0 aromatic heterocycles. The highest BCUT2D eigenvalue weighted by atomic mass is 16.4. The minimum atomic E-state index is -2.01. The Labute approximate surface area is 144 Å². The normalized spacial score (nSPS) is 12.9. The molecule has 5 nitrogen and oxygen atoms in total. The fourth-order valence-electron chi connectivity index (χ4n) is 3.61. The number of nitrogens with zero attached hydrogens (tertiary/aromatic N) is 1. The smallest absolute Gasteiger partial charge is 0.383 e. The van der Waals surface area contributed by atoms with E-state index in [0.29, 0.717) is 25.2 Å². The number of rotatable bonds is 7. The lowest BCUT2D eigenvalue weighted by atomic mass is 9.81. The van der Waals surface area contributed by atoms with Gasteiger partial charge in [0, 0.05) is 5.56 Å². The van der Waals surface area contributed by atoms with Crippen molar-refractivity contribution < 1.29 is 24.3 Å². The van der Waals surface area contributed by atoms with Crippen LogP contribution in [0.5, 0.6) is 0 Å². The lowest BCUT2D eigenvalue weighted by Gasteiger charge is -2.47. The summed E-state index contributed by atoms with van der Waals surface area (Å²) in [7, 11) is 0. The van der Waals surface area contributed by atoms with E-state index < -0.39 is 17.5 Å². The fraction of sp³-hybridized carbons (Fsp3) is 0.579. The van der Waals surface area contributed by atoms with Crippen LogP contribution in [0.25, 0.3) is 0 Å². The van der Waals surface area contributed by atoms with E-state index in [4.69, 9.17) is 0 Å². The maximum absolute atomic E-state index is 12.3. The molecule has 0 spiro atoms. The minimum absolute atomic E-state index is 0.0352. The van der Waals surface area contributed by atoms with Crippen molar-refractivity contribution >= 4 is 11.9 Å². The van der Waals surface area contributed by atoms with Crippen molar-refractivity contribution in [1.82, 2.24) is 0 Å². The Morgan fingerprint density at radius 1 is 0.833 bits per heavy atom. The van der Waals surface area contributed by atoms with Gasteiger partial charge in [-0.25, -0.2) is 9.59 Å². The van der Waals surface area contributed by atoms with E-state index in [1.54, 1.807) is 12.1 Å². The molecule has 0 saturated heterocycles. The third kappa shape index (κ3) is 2.93. The van der Waals surface area contributed by atoms with Gasteiger partial charge in [0.2, 0.25) is 0 Å². The molecule has 0 aliphatic carbocycles. The number of quaternary nitrogens is 1. The Kier molecular flexibility index (Phi) is 5.82. The van der Waals surface area contributed by atoms with E-state index in [9.17, 15) is 19.8 Å². The molecule has 5 heteroatoms. The number of carbonyl (C=O) groups is 2. The van der Waals surface area contributed by atoms with Crippen molar-refractivity contribution in [2.24, 2.45) is 0 Å². The fourth-order valence-corrected chi connectivity index (χ4v) is 3.61. The van der Waals surface area contributed by atoms with E-state index in [1.807, 2.05) is 32.9 Å². The number of benzene rings is 1. The molecule has 0 radical (unpaired) electrons. The second-order valence-corrected chi connectivity index (χ2v) is 7.24. The Morgan fingerprint density at radius 3 is 1.42 bits per heavy atom. The predicted octanol–water partition coefficient (Wildman–Crippen LogP) is 3.23. The van der Waals surface area contributed by atoms with Crippen molar-refractivity contribution in [2.75, 3.05) is 19.6 Å². The summed E-state index contributed by atoms with van der Waals surface area (Å²) in [6.45, 7) is 13.0. The summed E-state index contributed by atoms with van der Waals surface area (Å²) in [5, 5.41) is 20.0. The molecule has 0 heterocycles. The number of carboxylic acids is 2. The van der Waals surface area contributed by atoms with Crippen LogP contribution in [0.3, 0.4) is 0 Å². The first-order chi connectivity index (χ1) is 11.0. The van der Waals surface area contributed by atoms with Crippen LogP contribution >= 0.6 is 0 Å². The maximum Gasteiger partial charge on any atom is 0.383 e. The van der Waals surface area contributed by atoms with Crippen LogP contribution in [0.2, 0.25) is 0 Å². The van der Waals surface area contributed by atoms with Crippen molar-refractivity contribution in [1.29, 1.82) is 0 Å². The molecule has 1 aromatic carbocycles. The first-order valence-electron chi connectivity index (χ1n) is 8.47. The Bertz CT molecular complexity index is 573. The summed E-state index contributed by atoms with van der Waals surface area (Å²) in [5.74, 6) is -2.63. The second kappa shape index (κ2) is 6.93. The summed E-state index contributed by atoms with van der Waals surface area (Å²) in [5.41, 5.74) is -0.728. The summed E-state index contributed by atoms with van der Waals surface area (Å²) in [6, 6.07) is 7.00. The van der Waals surface area contributed by atoms with Gasteiger partial charge in [0.05, 0.1) is 19.6 Å². The maximum atomic E-state index is 12.3. The number of carboxylic acid groups (broad SMARTS) is 2. The lowest BCUT2D eigenvalue weighted by Crippen LogP contribution is -2.69. The van der Waals surface area contributed by atoms with Crippen LogP contribution in [0.4, 0.5) is 0 Å². The quantitative estimate of drug-likeness (QED) is 0.592. The zero-order valence-electron chi connectivity index (χ0n) is 15.6. The molecule has 0 amide bonds. The zero-order valence-corrected chi connectivity index (χ0v) is 15.6. The summed E-state index contributed by atoms with van der Waals surface area (Å²) < 4.78 is -0.0352. The molecule has 0 unspecified atom stereocenters. The zero-order chi connectivity index (χ0) is 18.8. The largest absolute Gasteiger partial charge is 0.476 e. The first-order valence-corrected chi connectivity index (χ1v) is 8.47. The number of aliphatic carboxylic acids is 2. The van der Waals surface area contributed by atoms with Crippen LogP contribution in [-0.4, -0.2) is 46.3 Å². The third-order valence-corrected chi connectivity index (χ3v) is 5.32. The summed E-state index contributed by atoms with van der Waals surface area (Å²) in [6.07, 6.45) is 0. The molecule has 0 atom stereocenters. The Hall–Kier alpha value is -1.88. The van der Waals surface area contributed by atoms with Gasteiger partial charge in [0.1, 0.15) is 0 Å². The standard InChI is InChI=1S/C19H29NO4/c1-7-20(8-2,9-3)19(16(21)22,17(23)24)15-12-10-14(11-13-15)18(4,5)6/h10-13H,7-9H2,1-6H3,(H-,21,22,23,24)/p+1. The Morgan fingerprint density at radius 2 is 1.17 bits per heavy atom. The Balaban J connectivity index is 3.73. The summed E-state index contributed by atoms with van der Waals surface area (Å²) >= 11 is 0. The van der Waals surface area contributed by atoms with Gasteiger partial charge < -0.3 is 10.2 Å². The highest BCUT2D eigenvalue weighted by molar-refractivity contribution is 6.02. The van der Waals surface area contributed by atoms with E-state index in [1.165, 1.54) is 0 Å². The van der Waals surface area contributed by atoms with Crippen molar-refractivity contribution in [3.63, 3.8) is 0 Å². The molecule has 2 N–H and O–H groups in total. The van der Waals surface area contributed by atoms with Crippen molar-refractivity contribution in [2.45, 2.75) is 52.5 Å². The molecule has 24 heavy (non-hydrogen) atoms. The highest BCUT2D eigenvalue weighted by Crippen LogP contribution is 2.37. The molecular weight excluding hydrogens is 306 g/mol. The monoisotopic (exact) mass is 336 g/mol. The van der Waals surface area contributed by atoms with Crippen LogP contribution in [-0.2, 0) is 20.5 Å². The molecular formula is C19H30NO4+. The molecule has 0 aliphatic heterocycles. The predicted molar refractivity (Wildman–Crippen MR) is 94.0 cm³/mol. The summed E-state index contributed by atoms with van der Waals surface area (Å²) in [4.78, 5) is 24.5. The molecule has 1 rings (SSSR count). The molecule has 0 aliphatic rings. The topological polar surface area (TPSA) is 74.6 Å². The molecule has 0 saturated carbocycles. The number of hydrogen-bond acceptors (Lipinski definition) is 2. The van der Waals surface area contributed by atoms with Gasteiger partial charge in [-0.1, -0.05) is 45.0 Å². The molecule has 0 fully saturated rings. The molecule has 1 aromatic rings. The molecule has 134 valence electrons. The highest BCUT2D eigenvalue weighted by Gasteiger charge is 2.63. The minimum Gasteiger partial charge on any atom is -0.476 e. The van der Waals surface area contributed by atoms with E-state index in [-0.39, 0.29) is 9.90 Å². The van der Waals surface area contributed by atoms with E-state index in [2.05, 4.69) is 20.8 Å². The average Bonchev–Trinajstić information content (AvgIpc) is 2.51. The number of hydrogen-bond donors (Lipinski definition) is 2. The van der Waals surface area contributed by atoms with E-state index >= 15 is 0 Å². The lowest BCUT2D eigenvalue weighted by molar-refractivity contribution is -0.961. The van der Waals surface area contributed by atoms with Crippen molar-refractivity contribution in [3.8, 4) is 0 Å². The second-order valence-electron chi connectivity index (χ2n) is 7.24. The van der Waals surface area contributed by atoms with Crippen LogP contribution in [0.15, 0.2) is 24.3 Å². The van der Waals surface area contributed by atoms with Crippen LogP contribution in [0, 0.1) is 0 Å². The average molecular weight is 336 g/mol. The van der Waals surface area contributed by atoms with Gasteiger partial charge in [0.15, 0.2) is 0 Å². The first kappa shape index (κ1) is 20.2. The van der Waals surface area contributed by atoms with Gasteiger partial charge in [-0.3, -0.25) is 4.48 Å². The van der Waals surface area contributed by atoms with Crippen LogP contribution in [0.1, 0.15) is 52.7 Å². The van der Waals surface area contributed by atoms with Gasteiger partial charge >= 0.3 is 17.5 Å². The van der Waals surface area contributed by atoms with Crippen molar-refractivity contribution in [3.05, 3.63) is 35.4 Å². The molecule has 0 bridgehead atoms. The van der Waals surface area contributed by atoms with Gasteiger partial charge in [0.25, 0.3) is 0 Å². The van der Waals surface area contributed by atoms with Gasteiger partial charge in [-0.05, 0) is 31.7 Å². The van der Waals surface area contributed by atoms with Gasteiger partial charge in [-0.2, -0.15) is 0 Å². The number of likely N-dealkylation sites (N-methyl/N-ethyl adjacent to an activating group) is 1. The third-order valence-electron chi connectivity index (χ3n) is 5.32. The SMILES string of the molecule is CC[N+](CC)(CC)C(C(=O)O)(C(=O)O)c1ccc(C(C)(C)C)cc1. The van der Waals surface area contributed by atoms with Crippen LogP contribution < -0.4 is 0 Å². The van der Waals surface area contributed by atoms with Gasteiger partial charge in [-0.15, -0.1) is 0 Å².